The predicted molar refractivity (Wildman–Crippen MR) is 149 cm³/mol. The normalized spacial score (nSPS) is 25.3. The van der Waals surface area contributed by atoms with Gasteiger partial charge >= 0.3 is 0 Å². The monoisotopic (exact) mass is 543 g/mol. The van der Waals surface area contributed by atoms with E-state index in [1.165, 1.54) is 31.4 Å². The molecule has 4 fully saturated rings. The number of halogens is 2. The molecule has 4 aliphatic rings. The summed E-state index contributed by atoms with van der Waals surface area (Å²) in [7, 11) is 0. The lowest BCUT2D eigenvalue weighted by atomic mass is 9.48. The predicted octanol–water partition coefficient (Wildman–Crippen LogP) is 6.94. The molecule has 2 aromatic carbocycles. The summed E-state index contributed by atoms with van der Waals surface area (Å²) in [6, 6.07) is 16.2. The molecule has 0 saturated heterocycles. The van der Waals surface area contributed by atoms with Crippen LogP contribution < -0.4 is 5.32 Å². The Hall–Kier alpha value is -3.45. The lowest BCUT2D eigenvalue weighted by molar-refractivity contribution is -0.00765. The van der Waals surface area contributed by atoms with Crippen LogP contribution in [-0.2, 0) is 12.0 Å². The number of para-hydroxylation sites is 1. The van der Waals surface area contributed by atoms with Gasteiger partial charge in [-0.05, 0) is 93.0 Å². The highest BCUT2D eigenvalue weighted by atomic mass is 35.5. The third kappa shape index (κ3) is 4.46. The summed E-state index contributed by atoms with van der Waals surface area (Å²) >= 11 is 6.24. The first kappa shape index (κ1) is 24.6. The Morgan fingerprint density at radius 1 is 1.03 bits per heavy atom. The Kier molecular flexibility index (Phi) is 5.88. The maximum atomic E-state index is 13.9. The summed E-state index contributed by atoms with van der Waals surface area (Å²) in [4.78, 5) is 13.9. The Morgan fingerprint density at radius 2 is 1.72 bits per heavy atom. The molecule has 1 N–H and O–H groups in total. The van der Waals surface area contributed by atoms with Gasteiger partial charge in [-0.25, -0.2) is 9.07 Å². The van der Waals surface area contributed by atoms with E-state index in [0.29, 0.717) is 22.9 Å². The van der Waals surface area contributed by atoms with Crippen molar-refractivity contribution >= 4 is 23.3 Å². The van der Waals surface area contributed by atoms with E-state index in [0.717, 1.165) is 59.7 Å². The van der Waals surface area contributed by atoms with Gasteiger partial charge in [-0.2, -0.15) is 10.2 Å². The van der Waals surface area contributed by atoms with E-state index in [2.05, 4.69) is 10.4 Å². The number of carbonyl (C=O) groups is 1. The van der Waals surface area contributed by atoms with Crippen LogP contribution in [0.5, 0.6) is 0 Å². The maximum Gasteiger partial charge on any atom is 0.260 e. The molecule has 0 atom stereocenters. The number of hydrogen-bond acceptors (Lipinski definition) is 3. The van der Waals surface area contributed by atoms with Crippen LogP contribution in [0.15, 0.2) is 60.8 Å². The number of carbonyl (C=O) groups excluding carboxylic acids is 1. The number of aryl methyl sites for hydroxylation is 1. The lowest BCUT2D eigenvalue weighted by Crippen LogP contribution is -2.49. The summed E-state index contributed by atoms with van der Waals surface area (Å²) in [6.07, 6.45) is 9.24. The fourth-order valence-electron chi connectivity index (χ4n) is 7.77. The van der Waals surface area contributed by atoms with Crippen LogP contribution in [0.4, 0.5) is 10.2 Å². The van der Waals surface area contributed by atoms with E-state index in [1.54, 1.807) is 10.7 Å². The molecule has 0 spiro atoms. The number of nitrogens with zero attached hydrogens (tertiary/aromatic N) is 4. The van der Waals surface area contributed by atoms with Crippen molar-refractivity contribution in [1.82, 2.24) is 19.6 Å². The molecular formula is C31H31ClFN5O. The highest BCUT2D eigenvalue weighted by Crippen LogP contribution is 2.61. The topological polar surface area (TPSA) is 64.7 Å². The van der Waals surface area contributed by atoms with Gasteiger partial charge in [0.2, 0.25) is 0 Å². The van der Waals surface area contributed by atoms with Gasteiger partial charge in [0.15, 0.2) is 5.82 Å². The Bertz CT molecular complexity index is 1520. The van der Waals surface area contributed by atoms with Gasteiger partial charge in [0.1, 0.15) is 5.82 Å². The second-order valence-electron chi connectivity index (χ2n) is 11.9. The number of amides is 1. The number of hydrogen-bond donors (Lipinski definition) is 1. The van der Waals surface area contributed by atoms with Crippen LogP contribution in [-0.4, -0.2) is 25.5 Å². The molecule has 1 amide bonds. The zero-order chi connectivity index (χ0) is 26.7. The van der Waals surface area contributed by atoms with Crippen molar-refractivity contribution in [2.75, 3.05) is 5.32 Å². The van der Waals surface area contributed by atoms with Crippen molar-refractivity contribution in [1.29, 1.82) is 0 Å². The first-order valence-corrected chi connectivity index (χ1v) is 14.2. The molecule has 4 saturated carbocycles. The van der Waals surface area contributed by atoms with E-state index >= 15 is 0 Å². The second kappa shape index (κ2) is 9.33. The average Bonchev–Trinajstić information content (AvgIpc) is 3.50. The second-order valence-corrected chi connectivity index (χ2v) is 12.3. The van der Waals surface area contributed by atoms with E-state index < -0.39 is 0 Å². The summed E-state index contributed by atoms with van der Waals surface area (Å²) in [5.41, 5.74) is 4.11. The Labute approximate surface area is 232 Å². The number of rotatable bonds is 6. The van der Waals surface area contributed by atoms with Crippen molar-refractivity contribution in [2.45, 2.75) is 57.4 Å². The van der Waals surface area contributed by atoms with Gasteiger partial charge in [0, 0.05) is 28.4 Å². The third-order valence-corrected chi connectivity index (χ3v) is 9.43. The van der Waals surface area contributed by atoms with Crippen LogP contribution >= 0.6 is 11.6 Å². The Morgan fingerprint density at radius 3 is 2.38 bits per heavy atom. The molecule has 4 bridgehead atoms. The molecule has 0 radical (unpaired) electrons. The van der Waals surface area contributed by atoms with E-state index in [9.17, 15) is 9.18 Å². The van der Waals surface area contributed by atoms with E-state index in [4.69, 9.17) is 16.7 Å². The number of nitrogens with one attached hydrogen (secondary N) is 1. The van der Waals surface area contributed by atoms with Crippen molar-refractivity contribution in [3.05, 3.63) is 94.1 Å². The van der Waals surface area contributed by atoms with Gasteiger partial charge in [-0.1, -0.05) is 35.9 Å². The minimum Gasteiger partial charge on any atom is -0.305 e. The van der Waals surface area contributed by atoms with Crippen LogP contribution in [0.1, 0.15) is 65.8 Å². The Balaban J connectivity index is 1.21. The molecule has 8 rings (SSSR count). The van der Waals surface area contributed by atoms with Gasteiger partial charge in [0.25, 0.3) is 5.91 Å². The molecule has 2 heterocycles. The smallest absolute Gasteiger partial charge is 0.260 e. The van der Waals surface area contributed by atoms with E-state index in [1.807, 2.05) is 54.2 Å². The minimum absolute atomic E-state index is 0.0317. The number of benzene rings is 2. The molecule has 4 aliphatic carbocycles. The largest absolute Gasteiger partial charge is 0.305 e. The number of anilines is 1. The number of aromatic nitrogens is 4. The minimum atomic E-state index is -0.375. The summed E-state index contributed by atoms with van der Waals surface area (Å²) in [6.45, 7) is 2.31. The molecule has 8 heteroatoms. The lowest BCUT2D eigenvalue weighted by Gasteiger charge is -2.56. The summed E-state index contributed by atoms with van der Waals surface area (Å²) < 4.78 is 17.1. The van der Waals surface area contributed by atoms with Gasteiger partial charge in [-0.3, -0.25) is 9.48 Å². The zero-order valence-corrected chi connectivity index (χ0v) is 22.7. The van der Waals surface area contributed by atoms with Crippen LogP contribution in [0.3, 0.4) is 0 Å². The maximum absolute atomic E-state index is 13.9. The van der Waals surface area contributed by atoms with Crippen molar-refractivity contribution in [3.63, 3.8) is 0 Å². The van der Waals surface area contributed by atoms with E-state index in [-0.39, 0.29) is 17.1 Å². The summed E-state index contributed by atoms with van der Waals surface area (Å²) in [5.74, 6) is 2.13. The average molecular weight is 544 g/mol. The fraction of sp³-hybridized carbons (Fsp3) is 0.387. The van der Waals surface area contributed by atoms with Crippen LogP contribution in [0, 0.1) is 30.5 Å². The van der Waals surface area contributed by atoms with Gasteiger partial charge < -0.3 is 5.32 Å². The fourth-order valence-corrected chi connectivity index (χ4v) is 8.00. The molecule has 2 aromatic heterocycles. The highest BCUT2D eigenvalue weighted by Gasteiger charge is 2.54. The zero-order valence-electron chi connectivity index (χ0n) is 21.9. The molecule has 0 aliphatic heterocycles. The van der Waals surface area contributed by atoms with Crippen molar-refractivity contribution in [2.24, 2.45) is 17.8 Å². The highest BCUT2D eigenvalue weighted by molar-refractivity contribution is 6.31. The first-order chi connectivity index (χ1) is 18.8. The molecule has 0 unspecified atom stereocenters. The first-order valence-electron chi connectivity index (χ1n) is 13.8. The molecular weight excluding hydrogens is 513 g/mol. The van der Waals surface area contributed by atoms with Crippen LogP contribution in [0.25, 0.3) is 5.69 Å². The molecule has 200 valence electrons. The molecule has 4 aromatic rings. The summed E-state index contributed by atoms with van der Waals surface area (Å²) in [5, 5.41) is 13.1. The molecule has 39 heavy (non-hydrogen) atoms. The molecule has 6 nitrogen and oxygen atoms in total. The standard InChI is InChI=1S/C31H31ClFN5O/c1-19-9-28(35-37(19)17-23-7-8-24(33)13-27(23)32)34-30(39)26-18-38(25-5-3-2-4-6-25)36-29(26)31-14-20-10-21(15-31)12-22(11-20)16-31/h2-9,13,18,20-22H,10-12,14-17H2,1H3,(H,34,35,39). The van der Waals surface area contributed by atoms with Gasteiger partial charge in [0.05, 0.1) is 23.5 Å². The van der Waals surface area contributed by atoms with Crippen molar-refractivity contribution in [3.8, 4) is 5.69 Å². The van der Waals surface area contributed by atoms with Crippen molar-refractivity contribution < 1.29 is 9.18 Å². The van der Waals surface area contributed by atoms with Crippen LogP contribution in [0.2, 0.25) is 5.02 Å². The van der Waals surface area contributed by atoms with Gasteiger partial charge in [-0.15, -0.1) is 0 Å². The third-order valence-electron chi connectivity index (χ3n) is 9.08. The quantitative estimate of drug-likeness (QED) is 0.286. The SMILES string of the molecule is Cc1cc(NC(=O)c2cn(-c3ccccc3)nc2C23CC4CC(CC(C4)C2)C3)nn1Cc1ccc(F)cc1Cl.